The summed E-state index contributed by atoms with van der Waals surface area (Å²) < 4.78 is 0. The summed E-state index contributed by atoms with van der Waals surface area (Å²) in [5.74, 6) is 1.60. The maximum absolute atomic E-state index is 4.31. The third-order valence-electron chi connectivity index (χ3n) is 4.45. The molecule has 5 nitrogen and oxygen atoms in total. The Bertz CT molecular complexity index is 1020. The van der Waals surface area contributed by atoms with E-state index in [0.29, 0.717) is 0 Å². The minimum absolute atomic E-state index is 0.781. The quantitative estimate of drug-likeness (QED) is 0.476. The number of nitrogens with zero attached hydrogens (tertiary/aromatic N) is 2. The van der Waals surface area contributed by atoms with Crippen LogP contribution in [0.15, 0.2) is 67.1 Å². The minimum Gasteiger partial charge on any atom is -0.370 e. The SMILES string of the molecule is Cc1ccccc1Nc1cc(NCCc2c[nH]c3ccccc23)ncn1. The molecule has 2 aromatic carbocycles. The monoisotopic (exact) mass is 343 g/mol. The van der Waals surface area contributed by atoms with Gasteiger partial charge < -0.3 is 15.6 Å². The molecule has 0 saturated heterocycles. The molecule has 2 aromatic heterocycles. The van der Waals surface area contributed by atoms with Crippen LogP contribution < -0.4 is 10.6 Å². The van der Waals surface area contributed by atoms with E-state index in [4.69, 9.17) is 0 Å². The van der Waals surface area contributed by atoms with Crippen molar-refractivity contribution in [1.29, 1.82) is 0 Å². The van der Waals surface area contributed by atoms with E-state index in [1.807, 2.05) is 30.3 Å². The molecule has 4 rings (SSSR count). The van der Waals surface area contributed by atoms with Crippen LogP contribution in [0.5, 0.6) is 0 Å². The van der Waals surface area contributed by atoms with Gasteiger partial charge in [0.05, 0.1) is 0 Å². The average molecular weight is 343 g/mol. The number of hydrogen-bond donors (Lipinski definition) is 3. The van der Waals surface area contributed by atoms with Crippen LogP contribution in [0.1, 0.15) is 11.1 Å². The Morgan fingerprint density at radius 1 is 0.962 bits per heavy atom. The normalized spacial score (nSPS) is 10.8. The summed E-state index contributed by atoms with van der Waals surface area (Å²) in [5, 5.41) is 8.00. The van der Waals surface area contributed by atoms with E-state index in [1.54, 1.807) is 6.33 Å². The topological polar surface area (TPSA) is 65.6 Å². The lowest BCUT2D eigenvalue weighted by Gasteiger charge is -2.10. The van der Waals surface area contributed by atoms with Crippen molar-refractivity contribution in [2.75, 3.05) is 17.2 Å². The van der Waals surface area contributed by atoms with Crippen molar-refractivity contribution in [3.8, 4) is 0 Å². The fourth-order valence-electron chi connectivity index (χ4n) is 3.04. The molecule has 130 valence electrons. The van der Waals surface area contributed by atoms with Gasteiger partial charge in [0.15, 0.2) is 0 Å². The number of aromatic amines is 1. The van der Waals surface area contributed by atoms with Gasteiger partial charge in [0, 0.05) is 35.4 Å². The molecule has 5 heteroatoms. The van der Waals surface area contributed by atoms with Gasteiger partial charge in [0.2, 0.25) is 0 Å². The van der Waals surface area contributed by atoms with Crippen LogP contribution in [0, 0.1) is 6.92 Å². The number of aryl methyl sites for hydroxylation is 1. The molecular formula is C21H21N5. The predicted molar refractivity (Wildman–Crippen MR) is 107 cm³/mol. The standard InChI is InChI=1S/C21H21N5/c1-15-6-2-4-8-18(15)26-21-12-20(24-14-25-21)22-11-10-16-13-23-19-9-5-3-7-17(16)19/h2-9,12-14,23H,10-11H2,1H3,(H2,22,24,25,26). The third-order valence-corrected chi connectivity index (χ3v) is 4.45. The van der Waals surface area contributed by atoms with E-state index in [1.165, 1.54) is 22.0 Å². The molecule has 0 saturated carbocycles. The molecule has 0 unspecified atom stereocenters. The number of hydrogen-bond acceptors (Lipinski definition) is 4. The lowest BCUT2D eigenvalue weighted by atomic mass is 10.1. The van der Waals surface area contributed by atoms with Crippen molar-refractivity contribution >= 4 is 28.2 Å². The Hall–Kier alpha value is -3.34. The van der Waals surface area contributed by atoms with Gasteiger partial charge in [-0.1, -0.05) is 36.4 Å². The summed E-state index contributed by atoms with van der Waals surface area (Å²) >= 11 is 0. The van der Waals surface area contributed by atoms with E-state index in [0.717, 1.165) is 30.3 Å². The largest absolute Gasteiger partial charge is 0.370 e. The molecule has 2 heterocycles. The van der Waals surface area contributed by atoms with Gasteiger partial charge in [-0.2, -0.15) is 0 Å². The van der Waals surface area contributed by atoms with Crippen LogP contribution in [0.2, 0.25) is 0 Å². The number of benzene rings is 2. The Kier molecular flexibility index (Phi) is 4.51. The Labute approximate surface area is 152 Å². The Balaban J connectivity index is 1.40. The maximum Gasteiger partial charge on any atom is 0.135 e. The summed E-state index contributed by atoms with van der Waals surface area (Å²) in [6.45, 7) is 2.88. The van der Waals surface area contributed by atoms with Gasteiger partial charge in [-0.25, -0.2) is 9.97 Å². The highest BCUT2D eigenvalue weighted by molar-refractivity contribution is 5.83. The fraction of sp³-hybridized carbons (Fsp3) is 0.143. The molecule has 0 radical (unpaired) electrons. The van der Waals surface area contributed by atoms with Crippen LogP contribution >= 0.6 is 0 Å². The lowest BCUT2D eigenvalue weighted by molar-refractivity contribution is 1.01. The molecule has 0 aliphatic rings. The number of para-hydroxylation sites is 2. The van der Waals surface area contributed by atoms with Gasteiger partial charge in [0.1, 0.15) is 18.0 Å². The van der Waals surface area contributed by atoms with E-state index >= 15 is 0 Å². The summed E-state index contributed by atoms with van der Waals surface area (Å²) in [5.41, 5.74) is 4.71. The number of rotatable bonds is 6. The van der Waals surface area contributed by atoms with E-state index in [-0.39, 0.29) is 0 Å². The highest BCUT2D eigenvalue weighted by Gasteiger charge is 2.04. The number of anilines is 3. The second-order valence-corrected chi connectivity index (χ2v) is 6.26. The van der Waals surface area contributed by atoms with Gasteiger partial charge in [-0.3, -0.25) is 0 Å². The number of fused-ring (bicyclic) bond motifs is 1. The van der Waals surface area contributed by atoms with E-state index in [9.17, 15) is 0 Å². The smallest absolute Gasteiger partial charge is 0.135 e. The van der Waals surface area contributed by atoms with Crippen molar-refractivity contribution in [3.05, 3.63) is 78.2 Å². The van der Waals surface area contributed by atoms with Crippen LogP contribution in [0.3, 0.4) is 0 Å². The van der Waals surface area contributed by atoms with Gasteiger partial charge in [-0.15, -0.1) is 0 Å². The minimum atomic E-state index is 0.781. The number of H-pyrrole nitrogens is 1. The molecule has 0 fully saturated rings. The van der Waals surface area contributed by atoms with Crippen LogP contribution in [-0.4, -0.2) is 21.5 Å². The molecule has 0 aliphatic carbocycles. The number of nitrogens with one attached hydrogen (secondary N) is 3. The molecule has 0 bridgehead atoms. The van der Waals surface area contributed by atoms with Crippen molar-refractivity contribution in [2.45, 2.75) is 13.3 Å². The maximum atomic E-state index is 4.31. The first kappa shape index (κ1) is 16.1. The summed E-state index contributed by atoms with van der Waals surface area (Å²) in [6.07, 6.45) is 4.58. The fourth-order valence-corrected chi connectivity index (χ4v) is 3.04. The zero-order valence-electron chi connectivity index (χ0n) is 14.7. The molecule has 0 atom stereocenters. The van der Waals surface area contributed by atoms with Crippen LogP contribution in [-0.2, 0) is 6.42 Å². The van der Waals surface area contributed by atoms with Crippen molar-refractivity contribution in [1.82, 2.24) is 15.0 Å². The molecular weight excluding hydrogens is 322 g/mol. The van der Waals surface area contributed by atoms with Gasteiger partial charge in [-0.05, 0) is 36.6 Å². The van der Waals surface area contributed by atoms with Gasteiger partial charge >= 0.3 is 0 Å². The summed E-state index contributed by atoms with van der Waals surface area (Å²) in [4.78, 5) is 11.9. The van der Waals surface area contributed by atoms with E-state index in [2.05, 4.69) is 63.0 Å². The van der Waals surface area contributed by atoms with Crippen molar-refractivity contribution in [2.24, 2.45) is 0 Å². The molecule has 0 amide bonds. The molecule has 26 heavy (non-hydrogen) atoms. The first-order chi connectivity index (χ1) is 12.8. The molecule has 4 aromatic rings. The first-order valence-electron chi connectivity index (χ1n) is 8.73. The average Bonchev–Trinajstić information content (AvgIpc) is 3.07. The molecule has 0 aliphatic heterocycles. The second-order valence-electron chi connectivity index (χ2n) is 6.26. The lowest BCUT2D eigenvalue weighted by Crippen LogP contribution is -2.07. The van der Waals surface area contributed by atoms with Crippen molar-refractivity contribution < 1.29 is 0 Å². The zero-order valence-corrected chi connectivity index (χ0v) is 14.7. The third kappa shape index (κ3) is 3.52. The van der Waals surface area contributed by atoms with Crippen LogP contribution in [0.4, 0.5) is 17.3 Å². The highest BCUT2D eigenvalue weighted by Crippen LogP contribution is 2.20. The Morgan fingerprint density at radius 3 is 2.69 bits per heavy atom. The van der Waals surface area contributed by atoms with Gasteiger partial charge in [0.25, 0.3) is 0 Å². The van der Waals surface area contributed by atoms with Crippen LogP contribution in [0.25, 0.3) is 10.9 Å². The summed E-state index contributed by atoms with van der Waals surface area (Å²) in [6, 6.07) is 18.4. The molecule has 0 spiro atoms. The number of aromatic nitrogens is 3. The van der Waals surface area contributed by atoms with Crippen molar-refractivity contribution in [3.63, 3.8) is 0 Å². The Morgan fingerprint density at radius 2 is 1.77 bits per heavy atom. The first-order valence-corrected chi connectivity index (χ1v) is 8.73. The predicted octanol–water partition coefficient (Wildman–Crippen LogP) is 4.66. The highest BCUT2D eigenvalue weighted by atomic mass is 15.1. The summed E-state index contributed by atoms with van der Waals surface area (Å²) in [7, 11) is 0. The van der Waals surface area contributed by atoms with E-state index < -0.39 is 0 Å². The zero-order chi connectivity index (χ0) is 17.8. The molecule has 3 N–H and O–H groups in total. The second kappa shape index (κ2) is 7.27.